The summed E-state index contributed by atoms with van der Waals surface area (Å²) in [6.07, 6.45) is 3.28. The molecule has 48 heavy (non-hydrogen) atoms. The Bertz CT molecular complexity index is 1770. The van der Waals surface area contributed by atoms with E-state index in [1.54, 1.807) is 87.7 Å². The molecule has 4 N–H and O–H groups in total. The van der Waals surface area contributed by atoms with Gasteiger partial charge in [-0.2, -0.15) is 0 Å². The Hall–Kier alpha value is -5.22. The third kappa shape index (κ3) is 5.99. The maximum absolute atomic E-state index is 13.9. The smallest absolute Gasteiger partial charge is 0.258 e. The fourth-order valence-electron chi connectivity index (χ4n) is 7.19. The average Bonchev–Trinajstić information content (AvgIpc) is 3.06. The number of methoxy groups -OCH3 is 1. The maximum Gasteiger partial charge on any atom is 0.258 e. The summed E-state index contributed by atoms with van der Waals surface area (Å²) >= 11 is 0. The zero-order valence-electron chi connectivity index (χ0n) is 27.2. The minimum Gasteiger partial charge on any atom is -0.511 e. The molecule has 3 aliphatic heterocycles. The molecule has 2 atom stereocenters. The van der Waals surface area contributed by atoms with E-state index in [1.165, 1.54) is 0 Å². The van der Waals surface area contributed by atoms with Gasteiger partial charge in [-0.1, -0.05) is 61.0 Å². The number of aryl methyl sites for hydroxylation is 2. The van der Waals surface area contributed by atoms with Crippen LogP contribution in [0.1, 0.15) is 70.4 Å². The molecule has 1 saturated heterocycles. The Labute approximate surface area is 279 Å². The molecule has 6 rings (SSSR count). The number of imide groups is 2. The zero-order chi connectivity index (χ0) is 34.1. The third-order valence-electron chi connectivity index (χ3n) is 9.64. The number of piperidine rings is 1. The van der Waals surface area contributed by atoms with Crippen LogP contribution in [0.5, 0.6) is 5.75 Å². The molecule has 10 nitrogen and oxygen atoms in total. The second kappa shape index (κ2) is 13.5. The Balaban J connectivity index is 1.60. The summed E-state index contributed by atoms with van der Waals surface area (Å²) in [4.78, 5) is 56.7. The van der Waals surface area contributed by atoms with Gasteiger partial charge in [0.2, 0.25) is 11.8 Å². The Morgan fingerprint density at radius 2 is 1.25 bits per heavy atom. The molecule has 4 amide bonds. The minimum absolute atomic E-state index is 0.272. The largest absolute Gasteiger partial charge is 0.511 e. The summed E-state index contributed by atoms with van der Waals surface area (Å²) in [6, 6.07) is 19.2. The van der Waals surface area contributed by atoms with Crippen LogP contribution in [0.25, 0.3) is 0 Å². The highest BCUT2D eigenvalue weighted by molar-refractivity contribution is 6.16. The van der Waals surface area contributed by atoms with E-state index >= 15 is 0 Å². The first kappa shape index (κ1) is 32.7. The molecular formula is C38H39N3O7. The van der Waals surface area contributed by atoms with Gasteiger partial charge in [0, 0.05) is 12.1 Å². The molecular weight excluding hydrogens is 610 g/mol. The fraction of sp³-hybridized carbons (Fsp3) is 0.316. The molecule has 3 aromatic carbocycles. The molecule has 10 heteroatoms. The number of hydrogen-bond donors (Lipinski definition) is 4. The number of nitrogens with zero attached hydrogens (tertiary/aromatic N) is 1. The lowest BCUT2D eigenvalue weighted by molar-refractivity contribution is -0.131. The van der Waals surface area contributed by atoms with Crippen LogP contribution < -0.4 is 15.4 Å². The number of nitrogens with one attached hydrogen (secondary N) is 2. The van der Waals surface area contributed by atoms with Crippen molar-refractivity contribution in [3.05, 3.63) is 123 Å². The summed E-state index contributed by atoms with van der Waals surface area (Å²) in [5.74, 6) is -7.58. The summed E-state index contributed by atoms with van der Waals surface area (Å²) in [5.41, 5.74) is 3.03. The van der Waals surface area contributed by atoms with E-state index in [-0.39, 0.29) is 11.1 Å². The van der Waals surface area contributed by atoms with Crippen molar-refractivity contribution in [3.63, 3.8) is 0 Å². The highest BCUT2D eigenvalue weighted by Crippen LogP contribution is 2.45. The van der Waals surface area contributed by atoms with Crippen molar-refractivity contribution < 1.29 is 34.1 Å². The van der Waals surface area contributed by atoms with Gasteiger partial charge < -0.3 is 14.9 Å². The number of aliphatic hydroxyl groups is 2. The van der Waals surface area contributed by atoms with E-state index < -0.39 is 52.9 Å². The van der Waals surface area contributed by atoms with E-state index in [9.17, 15) is 29.4 Å². The van der Waals surface area contributed by atoms with Gasteiger partial charge in [-0.3, -0.25) is 34.7 Å². The number of rotatable bonds is 8. The Morgan fingerprint density at radius 3 is 1.73 bits per heavy atom. The molecule has 0 spiro atoms. The monoisotopic (exact) mass is 649 g/mol. The molecule has 248 valence electrons. The quantitative estimate of drug-likeness (QED) is 0.253. The van der Waals surface area contributed by atoms with Gasteiger partial charge >= 0.3 is 0 Å². The predicted molar refractivity (Wildman–Crippen MR) is 178 cm³/mol. The third-order valence-corrected chi connectivity index (χ3v) is 9.64. The highest BCUT2D eigenvalue weighted by atomic mass is 16.5. The summed E-state index contributed by atoms with van der Waals surface area (Å²) in [7, 11) is 1.56. The van der Waals surface area contributed by atoms with Gasteiger partial charge in [0.05, 0.1) is 24.2 Å². The normalized spacial score (nSPS) is 20.7. The summed E-state index contributed by atoms with van der Waals surface area (Å²) in [5, 5.41) is 28.7. The average molecular weight is 650 g/mol. The number of carbonyl (C=O) groups is 4. The van der Waals surface area contributed by atoms with Gasteiger partial charge in [-0.25, -0.2) is 0 Å². The number of carbonyl (C=O) groups excluding carboxylic acids is 4. The van der Waals surface area contributed by atoms with Crippen LogP contribution in [0.3, 0.4) is 0 Å². The van der Waals surface area contributed by atoms with E-state index in [4.69, 9.17) is 4.74 Å². The zero-order valence-corrected chi connectivity index (χ0v) is 27.2. The van der Waals surface area contributed by atoms with Crippen LogP contribution >= 0.6 is 0 Å². The highest BCUT2D eigenvalue weighted by Gasteiger charge is 2.47. The number of benzene rings is 3. The van der Waals surface area contributed by atoms with Crippen LogP contribution in [-0.4, -0.2) is 58.9 Å². The molecule has 3 heterocycles. The molecule has 0 aromatic heterocycles. The van der Waals surface area contributed by atoms with E-state index in [1.807, 2.05) is 0 Å². The van der Waals surface area contributed by atoms with Crippen molar-refractivity contribution in [1.29, 1.82) is 0 Å². The van der Waals surface area contributed by atoms with Gasteiger partial charge in [0.25, 0.3) is 11.8 Å². The Morgan fingerprint density at radius 1 is 0.750 bits per heavy atom. The topological polar surface area (TPSA) is 145 Å². The van der Waals surface area contributed by atoms with Crippen molar-refractivity contribution in [2.24, 2.45) is 0 Å². The van der Waals surface area contributed by atoms with E-state index in [2.05, 4.69) is 15.5 Å². The van der Waals surface area contributed by atoms with Gasteiger partial charge in [0.15, 0.2) is 0 Å². The fourth-order valence-corrected chi connectivity index (χ4v) is 7.19. The van der Waals surface area contributed by atoms with Crippen LogP contribution in [-0.2, 0) is 25.7 Å². The Kier molecular flexibility index (Phi) is 9.19. The molecule has 0 bridgehead atoms. The molecule has 3 aliphatic rings. The lowest BCUT2D eigenvalue weighted by Gasteiger charge is -2.34. The molecule has 0 saturated carbocycles. The lowest BCUT2D eigenvalue weighted by atomic mass is 9.74. The number of aliphatic hydroxyl groups excluding tert-OH is 2. The van der Waals surface area contributed by atoms with Crippen LogP contribution in [0.15, 0.2) is 89.4 Å². The molecule has 0 radical (unpaired) electrons. The first-order chi connectivity index (χ1) is 23.1. The number of amides is 4. The van der Waals surface area contributed by atoms with Crippen molar-refractivity contribution in [2.45, 2.75) is 57.4 Å². The molecule has 3 aromatic rings. The van der Waals surface area contributed by atoms with Gasteiger partial charge in [-0.15, -0.1) is 0 Å². The van der Waals surface area contributed by atoms with Gasteiger partial charge in [0.1, 0.15) is 29.1 Å². The van der Waals surface area contributed by atoms with Crippen molar-refractivity contribution in [2.75, 3.05) is 20.2 Å². The predicted octanol–water partition coefficient (Wildman–Crippen LogP) is 4.89. The first-order valence-corrected chi connectivity index (χ1v) is 16.2. The minimum atomic E-state index is -1.37. The first-order valence-electron chi connectivity index (χ1n) is 16.2. The second-order valence-corrected chi connectivity index (χ2v) is 12.7. The summed E-state index contributed by atoms with van der Waals surface area (Å²) < 4.78 is 5.70. The van der Waals surface area contributed by atoms with E-state index in [0.29, 0.717) is 40.1 Å². The van der Waals surface area contributed by atoms with E-state index in [0.717, 1.165) is 37.9 Å². The number of hydrogen-bond acceptors (Lipinski definition) is 8. The summed E-state index contributed by atoms with van der Waals surface area (Å²) in [6.45, 7) is 5.93. The van der Waals surface area contributed by atoms with Crippen molar-refractivity contribution in [1.82, 2.24) is 15.5 Å². The van der Waals surface area contributed by atoms with Crippen LogP contribution in [0.4, 0.5) is 0 Å². The molecule has 0 aliphatic carbocycles. The van der Waals surface area contributed by atoms with Crippen LogP contribution in [0.2, 0.25) is 0 Å². The lowest BCUT2D eigenvalue weighted by Crippen LogP contribution is -2.47. The SMILES string of the molecule is COc1ccc(C(C2=C(O)[C@H](c3ccccc3C)C(=O)NC2=O)C2=C(O)[C@H](c3ccccc3C)C(=O)NC2=O)cc1CN1CCCCC1. The maximum atomic E-state index is 13.9. The number of likely N-dealkylation sites (tertiary alicyclic amines) is 1. The molecule has 0 unspecified atom stereocenters. The standard InChI is InChI=1S/C38H39N3O7/c1-21-11-5-7-13-25(21)29-33(42)31(37(46)39-35(29)44)28(23-15-16-27(48-3)24(19-23)20-41-17-9-4-10-18-41)32-34(43)30(36(45)40-38(32)47)26-14-8-6-12-22(26)2/h5-8,11-16,19,28-30,42-43H,4,9-10,17-18,20H2,1-3H3,(H,39,44,46)(H,40,45,47)/t29-,30-/m0/s1. The van der Waals surface area contributed by atoms with Crippen LogP contribution in [0, 0.1) is 13.8 Å². The second-order valence-electron chi connectivity index (χ2n) is 12.7. The number of ether oxygens (including phenoxy) is 1. The van der Waals surface area contributed by atoms with Crippen molar-refractivity contribution in [3.8, 4) is 5.75 Å². The van der Waals surface area contributed by atoms with Gasteiger partial charge in [-0.05, 0) is 79.7 Å². The molecule has 1 fully saturated rings. The van der Waals surface area contributed by atoms with Crippen molar-refractivity contribution >= 4 is 23.6 Å².